The van der Waals surface area contributed by atoms with E-state index >= 15 is 0 Å². The van der Waals surface area contributed by atoms with Crippen molar-refractivity contribution in [2.45, 2.75) is 25.8 Å². The third-order valence-electron chi connectivity index (χ3n) is 1.63. The molecule has 0 radical (unpaired) electrons. The number of esters is 1. The fourth-order valence-corrected chi connectivity index (χ4v) is 0.852. The van der Waals surface area contributed by atoms with Gasteiger partial charge in [-0.2, -0.15) is 0 Å². The van der Waals surface area contributed by atoms with Crippen molar-refractivity contribution in [3.63, 3.8) is 0 Å². The zero-order valence-corrected chi connectivity index (χ0v) is 7.67. The van der Waals surface area contributed by atoms with Gasteiger partial charge in [0.15, 0.2) is 0 Å². The summed E-state index contributed by atoms with van der Waals surface area (Å²) in [4.78, 5) is 10.8. The molecular weight excluding hydrogens is 158 g/mol. The molecule has 0 aliphatic heterocycles. The van der Waals surface area contributed by atoms with Gasteiger partial charge in [-0.05, 0) is 20.4 Å². The summed E-state index contributed by atoms with van der Waals surface area (Å²) in [6.07, 6.45) is 0.978. The Balaban J connectivity index is 3.44. The zero-order valence-electron chi connectivity index (χ0n) is 7.67. The molecule has 0 heterocycles. The number of nitrogens with one attached hydrogen (secondary N) is 1. The fourth-order valence-electron chi connectivity index (χ4n) is 0.852. The largest absolute Gasteiger partial charge is 0.466 e. The lowest BCUT2D eigenvalue weighted by atomic mass is 10.2. The van der Waals surface area contributed by atoms with Gasteiger partial charge >= 0.3 is 5.97 Å². The van der Waals surface area contributed by atoms with Crippen LogP contribution in [-0.4, -0.2) is 37.4 Å². The maximum atomic E-state index is 10.8. The number of aliphatic hydroxyl groups excluding tert-OH is 1. The van der Waals surface area contributed by atoms with Crippen LogP contribution in [0, 0.1) is 0 Å². The Morgan fingerprint density at radius 3 is 2.75 bits per heavy atom. The van der Waals surface area contributed by atoms with E-state index in [0.717, 1.165) is 0 Å². The summed E-state index contributed by atoms with van der Waals surface area (Å²) in [5.41, 5.74) is 0. The Hall–Kier alpha value is -0.610. The van der Waals surface area contributed by atoms with Crippen molar-refractivity contribution in [1.29, 1.82) is 0 Å². The quantitative estimate of drug-likeness (QED) is 0.554. The Morgan fingerprint density at radius 2 is 2.33 bits per heavy atom. The second-order valence-electron chi connectivity index (χ2n) is 2.51. The molecule has 0 aliphatic rings. The summed E-state index contributed by atoms with van der Waals surface area (Å²) >= 11 is 0. The van der Waals surface area contributed by atoms with Gasteiger partial charge in [0.2, 0.25) is 0 Å². The van der Waals surface area contributed by atoms with Gasteiger partial charge in [-0.3, -0.25) is 4.79 Å². The molecule has 0 bridgehead atoms. The molecule has 0 unspecified atom stereocenters. The highest BCUT2D eigenvalue weighted by molar-refractivity contribution is 5.69. The summed E-state index contributed by atoms with van der Waals surface area (Å²) in [5.74, 6) is -0.203. The number of likely N-dealkylation sites (N-methyl/N-ethyl adjacent to an activating group) is 1. The lowest BCUT2D eigenvalue weighted by Gasteiger charge is -2.11. The molecule has 0 aromatic carbocycles. The number of rotatable bonds is 6. The first-order valence-corrected chi connectivity index (χ1v) is 4.18. The van der Waals surface area contributed by atoms with Gasteiger partial charge in [0.1, 0.15) is 0 Å². The zero-order chi connectivity index (χ0) is 9.40. The molecule has 12 heavy (non-hydrogen) atoms. The third kappa shape index (κ3) is 5.09. The molecule has 0 aromatic rings. The maximum absolute atomic E-state index is 10.8. The second-order valence-corrected chi connectivity index (χ2v) is 2.51. The third-order valence-corrected chi connectivity index (χ3v) is 1.63. The summed E-state index contributed by atoms with van der Waals surface area (Å²) in [6.45, 7) is 2.25. The smallest absolute Gasteiger partial charge is 0.305 e. The average Bonchev–Trinajstić information content (AvgIpc) is 2.07. The Kier molecular flexibility index (Phi) is 6.70. The minimum Gasteiger partial charge on any atom is -0.466 e. The van der Waals surface area contributed by atoms with Gasteiger partial charge in [-0.25, -0.2) is 0 Å². The van der Waals surface area contributed by atoms with Crippen LogP contribution < -0.4 is 5.32 Å². The van der Waals surface area contributed by atoms with Gasteiger partial charge in [-0.15, -0.1) is 0 Å². The van der Waals surface area contributed by atoms with Crippen molar-refractivity contribution >= 4 is 5.97 Å². The number of carbonyl (C=O) groups excluding carboxylic acids is 1. The van der Waals surface area contributed by atoms with Gasteiger partial charge < -0.3 is 15.2 Å². The predicted molar refractivity (Wildman–Crippen MR) is 45.8 cm³/mol. The van der Waals surface area contributed by atoms with Crippen molar-refractivity contribution in [2.24, 2.45) is 0 Å². The molecule has 0 aliphatic carbocycles. The van der Waals surface area contributed by atoms with Crippen molar-refractivity contribution < 1.29 is 14.6 Å². The first kappa shape index (κ1) is 11.4. The van der Waals surface area contributed by atoms with E-state index in [1.807, 2.05) is 0 Å². The minimum absolute atomic E-state index is 0.00518. The highest BCUT2D eigenvalue weighted by atomic mass is 16.5. The van der Waals surface area contributed by atoms with Crippen LogP contribution in [0.2, 0.25) is 0 Å². The molecule has 72 valence electrons. The molecule has 2 N–H and O–H groups in total. The fraction of sp³-hybridized carbons (Fsp3) is 0.875. The molecule has 0 saturated carbocycles. The van der Waals surface area contributed by atoms with Crippen LogP contribution in [0.3, 0.4) is 0 Å². The molecule has 0 spiro atoms. The highest BCUT2D eigenvalue weighted by Gasteiger charge is 2.07. The van der Waals surface area contributed by atoms with E-state index in [-0.39, 0.29) is 18.6 Å². The van der Waals surface area contributed by atoms with Gasteiger partial charge in [0, 0.05) is 12.5 Å². The lowest BCUT2D eigenvalue weighted by Crippen LogP contribution is -2.29. The molecule has 0 saturated heterocycles. The summed E-state index contributed by atoms with van der Waals surface area (Å²) in [5, 5.41) is 11.6. The SMILES string of the molecule is CCOC(=O)CC[C@H](CO)NC. The Labute approximate surface area is 72.9 Å². The summed E-state index contributed by atoms with van der Waals surface area (Å²) in [7, 11) is 1.76. The molecule has 4 nitrogen and oxygen atoms in total. The van der Waals surface area contributed by atoms with E-state index < -0.39 is 0 Å². The van der Waals surface area contributed by atoms with E-state index in [4.69, 9.17) is 9.84 Å². The van der Waals surface area contributed by atoms with Crippen LogP contribution in [0.25, 0.3) is 0 Å². The Bertz CT molecular complexity index is 123. The van der Waals surface area contributed by atoms with Crippen LogP contribution in [0.5, 0.6) is 0 Å². The standard InChI is InChI=1S/C8H17NO3/c1-3-12-8(11)5-4-7(6-10)9-2/h7,9-10H,3-6H2,1-2H3/t7-/m1/s1. The molecular formula is C8H17NO3. The topological polar surface area (TPSA) is 58.6 Å². The first-order valence-electron chi connectivity index (χ1n) is 4.18. The van der Waals surface area contributed by atoms with Gasteiger partial charge in [-0.1, -0.05) is 0 Å². The number of ether oxygens (including phenoxy) is 1. The van der Waals surface area contributed by atoms with Crippen LogP contribution in [0.15, 0.2) is 0 Å². The van der Waals surface area contributed by atoms with Crippen molar-refractivity contribution in [3.05, 3.63) is 0 Å². The van der Waals surface area contributed by atoms with E-state index in [1.54, 1.807) is 14.0 Å². The van der Waals surface area contributed by atoms with Crippen LogP contribution >= 0.6 is 0 Å². The predicted octanol–water partition coefficient (Wildman–Crippen LogP) is -0.0900. The highest BCUT2D eigenvalue weighted by Crippen LogP contribution is 1.97. The van der Waals surface area contributed by atoms with Crippen molar-refractivity contribution in [2.75, 3.05) is 20.3 Å². The van der Waals surface area contributed by atoms with E-state index in [2.05, 4.69) is 5.32 Å². The van der Waals surface area contributed by atoms with Crippen LogP contribution in [0.1, 0.15) is 19.8 Å². The molecule has 0 rings (SSSR count). The number of carbonyl (C=O) groups is 1. The minimum atomic E-state index is -0.203. The van der Waals surface area contributed by atoms with E-state index in [0.29, 0.717) is 19.4 Å². The van der Waals surface area contributed by atoms with Gasteiger partial charge in [0.25, 0.3) is 0 Å². The molecule has 0 fully saturated rings. The van der Waals surface area contributed by atoms with Crippen molar-refractivity contribution in [3.8, 4) is 0 Å². The Morgan fingerprint density at radius 1 is 1.67 bits per heavy atom. The van der Waals surface area contributed by atoms with Crippen molar-refractivity contribution in [1.82, 2.24) is 5.32 Å². The first-order chi connectivity index (χ1) is 5.74. The molecule has 0 aromatic heterocycles. The monoisotopic (exact) mass is 175 g/mol. The normalized spacial score (nSPS) is 12.6. The summed E-state index contributed by atoms with van der Waals surface area (Å²) in [6, 6.07) is -0.00518. The molecule has 0 amide bonds. The maximum Gasteiger partial charge on any atom is 0.305 e. The average molecular weight is 175 g/mol. The number of hydrogen-bond donors (Lipinski definition) is 2. The van der Waals surface area contributed by atoms with Crippen LogP contribution in [0.4, 0.5) is 0 Å². The van der Waals surface area contributed by atoms with Gasteiger partial charge in [0.05, 0.1) is 13.2 Å². The number of hydrogen-bond acceptors (Lipinski definition) is 4. The lowest BCUT2D eigenvalue weighted by molar-refractivity contribution is -0.143. The molecule has 4 heteroatoms. The molecule has 1 atom stereocenters. The van der Waals surface area contributed by atoms with E-state index in [1.165, 1.54) is 0 Å². The van der Waals surface area contributed by atoms with E-state index in [9.17, 15) is 4.79 Å². The summed E-state index contributed by atoms with van der Waals surface area (Å²) < 4.78 is 4.73. The number of aliphatic hydroxyl groups is 1. The van der Waals surface area contributed by atoms with Crippen LogP contribution in [-0.2, 0) is 9.53 Å². The second kappa shape index (κ2) is 7.06.